The number of carbonyl (C=O) groups is 1. The van der Waals surface area contributed by atoms with Crippen molar-refractivity contribution in [3.8, 4) is 5.75 Å². The van der Waals surface area contributed by atoms with E-state index in [4.69, 9.17) is 9.47 Å². The highest BCUT2D eigenvalue weighted by atomic mass is 16.5. The Labute approximate surface area is 148 Å². The van der Waals surface area contributed by atoms with Crippen LogP contribution >= 0.6 is 0 Å². The van der Waals surface area contributed by atoms with Gasteiger partial charge in [0.2, 0.25) is 5.91 Å². The lowest BCUT2D eigenvalue weighted by Crippen LogP contribution is -2.53. The predicted molar refractivity (Wildman–Crippen MR) is 95.3 cm³/mol. The number of rotatable bonds is 6. The van der Waals surface area contributed by atoms with E-state index in [1.54, 1.807) is 0 Å². The zero-order chi connectivity index (χ0) is 17.1. The molecule has 1 N–H and O–H groups in total. The summed E-state index contributed by atoms with van der Waals surface area (Å²) < 4.78 is 11.5. The van der Waals surface area contributed by atoms with Gasteiger partial charge in [0.15, 0.2) is 0 Å². The Balaban J connectivity index is 1.34. The average Bonchev–Trinajstić information content (AvgIpc) is 3.01. The predicted octanol–water partition coefficient (Wildman–Crippen LogP) is 3.10. The summed E-state index contributed by atoms with van der Waals surface area (Å²) in [6, 6.07) is 18.1. The first-order chi connectivity index (χ1) is 12.3. The fourth-order valence-electron chi connectivity index (χ4n) is 3.72. The van der Waals surface area contributed by atoms with Gasteiger partial charge in [-0.3, -0.25) is 4.79 Å². The summed E-state index contributed by atoms with van der Waals surface area (Å²) in [7, 11) is 0. The molecule has 4 heteroatoms. The lowest BCUT2D eigenvalue weighted by atomic mass is 9.76. The number of nitrogens with one attached hydrogen (secondary N) is 1. The van der Waals surface area contributed by atoms with Gasteiger partial charge in [0, 0.05) is 24.1 Å². The third-order valence-electron chi connectivity index (χ3n) is 5.17. The number of benzene rings is 2. The molecule has 1 aliphatic heterocycles. The second-order valence-corrected chi connectivity index (χ2v) is 6.83. The second-order valence-electron chi connectivity index (χ2n) is 6.83. The molecule has 1 amide bonds. The minimum atomic E-state index is 0.0612. The fourth-order valence-corrected chi connectivity index (χ4v) is 3.72. The van der Waals surface area contributed by atoms with E-state index >= 15 is 0 Å². The molecule has 1 aliphatic carbocycles. The van der Waals surface area contributed by atoms with Crippen LogP contribution in [-0.2, 0) is 22.6 Å². The van der Waals surface area contributed by atoms with Crippen LogP contribution in [0.4, 0.5) is 0 Å². The van der Waals surface area contributed by atoms with Crippen LogP contribution in [0.25, 0.3) is 0 Å². The number of para-hydroxylation sites is 1. The fraction of sp³-hybridized carbons (Fsp3) is 0.381. The molecule has 2 aromatic carbocycles. The molecule has 0 unspecified atom stereocenters. The third kappa shape index (κ3) is 3.69. The Morgan fingerprint density at radius 2 is 1.92 bits per heavy atom. The zero-order valence-electron chi connectivity index (χ0n) is 14.2. The molecule has 1 saturated heterocycles. The summed E-state index contributed by atoms with van der Waals surface area (Å²) in [6.45, 7) is 1.33. The summed E-state index contributed by atoms with van der Waals surface area (Å²) in [5.41, 5.74) is 2.04. The highest BCUT2D eigenvalue weighted by Gasteiger charge is 2.45. The third-order valence-corrected chi connectivity index (χ3v) is 5.17. The smallest absolute Gasteiger partial charge is 0.224 e. The van der Waals surface area contributed by atoms with Crippen LogP contribution in [-0.4, -0.2) is 24.7 Å². The van der Waals surface area contributed by atoms with Crippen molar-refractivity contribution in [1.29, 1.82) is 0 Å². The summed E-state index contributed by atoms with van der Waals surface area (Å²) in [5, 5.41) is 3.16. The Morgan fingerprint density at radius 3 is 2.76 bits per heavy atom. The first-order valence-corrected chi connectivity index (χ1v) is 8.95. The van der Waals surface area contributed by atoms with E-state index < -0.39 is 0 Å². The molecule has 130 valence electrons. The standard InChI is InChI=1S/C21H23NO3/c23-21(22-18-13-20-17(18)10-11-24-20)12-16-8-4-5-9-19(16)25-14-15-6-2-1-3-7-15/h1-9,17-18,20H,10-14H2,(H,22,23)/t17-,18+,20+/m0/s1. The van der Waals surface area contributed by atoms with Gasteiger partial charge in [-0.15, -0.1) is 0 Å². The monoisotopic (exact) mass is 337 g/mol. The van der Waals surface area contributed by atoms with Crippen molar-refractivity contribution in [3.63, 3.8) is 0 Å². The van der Waals surface area contributed by atoms with Crippen LogP contribution in [0.15, 0.2) is 54.6 Å². The summed E-state index contributed by atoms with van der Waals surface area (Å²) in [6.07, 6.45) is 2.72. The molecule has 3 atom stereocenters. The topological polar surface area (TPSA) is 47.6 Å². The molecular formula is C21H23NO3. The number of amides is 1. The maximum Gasteiger partial charge on any atom is 0.224 e. The first-order valence-electron chi connectivity index (χ1n) is 8.95. The summed E-state index contributed by atoms with van der Waals surface area (Å²) >= 11 is 0. The molecule has 2 fully saturated rings. The molecule has 4 rings (SSSR count). The SMILES string of the molecule is O=C(Cc1ccccc1OCc1ccccc1)N[C@@H]1C[C@H]2OCC[C@@H]12. The molecule has 0 aromatic heterocycles. The van der Waals surface area contributed by atoms with Crippen LogP contribution in [0.5, 0.6) is 5.75 Å². The molecule has 0 radical (unpaired) electrons. The van der Waals surface area contributed by atoms with E-state index in [9.17, 15) is 4.79 Å². The van der Waals surface area contributed by atoms with Gasteiger partial charge in [0.05, 0.1) is 12.5 Å². The van der Waals surface area contributed by atoms with Crippen molar-refractivity contribution in [2.75, 3.05) is 6.61 Å². The quantitative estimate of drug-likeness (QED) is 0.881. The van der Waals surface area contributed by atoms with Crippen LogP contribution in [0.2, 0.25) is 0 Å². The number of carbonyl (C=O) groups excluding carboxylic acids is 1. The second kappa shape index (κ2) is 7.28. The van der Waals surface area contributed by atoms with Crippen LogP contribution in [0.3, 0.4) is 0 Å². The van der Waals surface area contributed by atoms with E-state index in [0.29, 0.717) is 25.0 Å². The van der Waals surface area contributed by atoms with Crippen molar-refractivity contribution in [1.82, 2.24) is 5.32 Å². The zero-order valence-corrected chi connectivity index (χ0v) is 14.2. The van der Waals surface area contributed by atoms with E-state index in [1.807, 2.05) is 54.6 Å². The molecule has 0 spiro atoms. The van der Waals surface area contributed by atoms with E-state index in [1.165, 1.54) is 0 Å². The minimum Gasteiger partial charge on any atom is -0.489 e. The number of hydrogen-bond donors (Lipinski definition) is 1. The van der Waals surface area contributed by atoms with E-state index in [-0.39, 0.29) is 11.9 Å². The summed E-state index contributed by atoms with van der Waals surface area (Å²) in [4.78, 5) is 12.4. The minimum absolute atomic E-state index is 0.0612. The lowest BCUT2D eigenvalue weighted by Gasteiger charge is -2.39. The Hall–Kier alpha value is -2.33. The van der Waals surface area contributed by atoms with Gasteiger partial charge in [0.25, 0.3) is 0 Å². The van der Waals surface area contributed by atoms with Crippen molar-refractivity contribution >= 4 is 5.91 Å². The maximum atomic E-state index is 12.4. The van der Waals surface area contributed by atoms with Gasteiger partial charge in [-0.2, -0.15) is 0 Å². The molecule has 1 saturated carbocycles. The van der Waals surface area contributed by atoms with Crippen LogP contribution in [0, 0.1) is 5.92 Å². The lowest BCUT2D eigenvalue weighted by molar-refractivity contribution is -0.123. The largest absolute Gasteiger partial charge is 0.489 e. The van der Waals surface area contributed by atoms with Crippen molar-refractivity contribution in [2.24, 2.45) is 5.92 Å². The Morgan fingerprint density at radius 1 is 1.12 bits per heavy atom. The molecular weight excluding hydrogens is 314 g/mol. The number of fused-ring (bicyclic) bond motifs is 1. The van der Waals surface area contributed by atoms with Gasteiger partial charge >= 0.3 is 0 Å². The van der Waals surface area contributed by atoms with Gasteiger partial charge in [-0.05, 0) is 24.5 Å². The molecule has 0 bridgehead atoms. The molecule has 2 aromatic rings. The molecule has 2 aliphatic rings. The van der Waals surface area contributed by atoms with Gasteiger partial charge in [-0.1, -0.05) is 48.5 Å². The van der Waals surface area contributed by atoms with Gasteiger partial charge < -0.3 is 14.8 Å². The van der Waals surface area contributed by atoms with E-state index in [0.717, 1.165) is 36.3 Å². The van der Waals surface area contributed by atoms with Crippen LogP contribution in [0.1, 0.15) is 24.0 Å². The molecule has 4 nitrogen and oxygen atoms in total. The summed E-state index contributed by atoms with van der Waals surface area (Å²) in [5.74, 6) is 1.34. The van der Waals surface area contributed by atoms with Crippen molar-refractivity contribution in [3.05, 3.63) is 65.7 Å². The van der Waals surface area contributed by atoms with Gasteiger partial charge in [0.1, 0.15) is 12.4 Å². The first kappa shape index (κ1) is 16.2. The van der Waals surface area contributed by atoms with E-state index in [2.05, 4.69) is 5.32 Å². The van der Waals surface area contributed by atoms with Crippen molar-refractivity contribution < 1.29 is 14.3 Å². The van der Waals surface area contributed by atoms with Crippen molar-refractivity contribution in [2.45, 2.75) is 38.0 Å². The number of ether oxygens (including phenoxy) is 2. The molecule has 1 heterocycles. The highest BCUT2D eigenvalue weighted by molar-refractivity contribution is 5.79. The Kier molecular flexibility index (Phi) is 4.70. The maximum absolute atomic E-state index is 12.4. The Bertz CT molecular complexity index is 731. The van der Waals surface area contributed by atoms with Crippen LogP contribution < -0.4 is 10.1 Å². The van der Waals surface area contributed by atoms with Gasteiger partial charge in [-0.25, -0.2) is 0 Å². The molecule has 25 heavy (non-hydrogen) atoms. The highest BCUT2D eigenvalue weighted by Crippen LogP contribution is 2.38. The number of hydrogen-bond acceptors (Lipinski definition) is 3. The normalized spacial score (nSPS) is 24.2. The average molecular weight is 337 g/mol.